The maximum absolute atomic E-state index is 12.6. The van der Waals surface area contributed by atoms with Crippen molar-refractivity contribution < 1.29 is 27.9 Å². The highest BCUT2D eigenvalue weighted by molar-refractivity contribution is 5.96. The van der Waals surface area contributed by atoms with E-state index >= 15 is 0 Å². The van der Waals surface area contributed by atoms with Crippen molar-refractivity contribution in [3.8, 4) is 0 Å². The molecule has 0 bridgehead atoms. The molecule has 0 unspecified atom stereocenters. The van der Waals surface area contributed by atoms with Crippen molar-refractivity contribution in [3.63, 3.8) is 0 Å². The van der Waals surface area contributed by atoms with Gasteiger partial charge >= 0.3 is 12.1 Å². The first kappa shape index (κ1) is 16.5. The molecule has 0 atom stereocenters. The quantitative estimate of drug-likeness (QED) is 0.849. The van der Waals surface area contributed by atoms with E-state index in [-0.39, 0.29) is 29.6 Å². The van der Waals surface area contributed by atoms with Crippen molar-refractivity contribution in [1.29, 1.82) is 0 Å². The Balaban J connectivity index is 1.97. The van der Waals surface area contributed by atoms with Gasteiger partial charge in [0.2, 0.25) is 0 Å². The van der Waals surface area contributed by atoms with Crippen LogP contribution in [0.1, 0.15) is 48.0 Å². The van der Waals surface area contributed by atoms with E-state index in [1.54, 1.807) is 0 Å². The summed E-state index contributed by atoms with van der Waals surface area (Å²) in [6, 6.07) is 4.44. The van der Waals surface area contributed by atoms with Crippen molar-refractivity contribution in [2.75, 3.05) is 0 Å². The molecule has 1 saturated carbocycles. The van der Waals surface area contributed by atoms with Gasteiger partial charge in [0.1, 0.15) is 0 Å². The van der Waals surface area contributed by atoms with E-state index in [2.05, 4.69) is 0 Å². The monoisotopic (exact) mass is 314 g/mol. The van der Waals surface area contributed by atoms with Crippen LogP contribution >= 0.6 is 0 Å². The molecule has 22 heavy (non-hydrogen) atoms. The fourth-order valence-electron chi connectivity index (χ4n) is 2.86. The Morgan fingerprint density at radius 2 is 1.77 bits per heavy atom. The summed E-state index contributed by atoms with van der Waals surface area (Å²) in [7, 11) is 0. The van der Waals surface area contributed by atoms with E-state index in [4.69, 9.17) is 5.11 Å². The molecule has 1 aromatic rings. The number of ketones is 1. The van der Waals surface area contributed by atoms with Crippen molar-refractivity contribution in [3.05, 3.63) is 35.4 Å². The molecule has 1 aromatic carbocycles. The molecule has 2 rings (SSSR count). The van der Waals surface area contributed by atoms with E-state index in [0.717, 1.165) is 12.1 Å². The first-order valence-corrected chi connectivity index (χ1v) is 7.20. The normalized spacial score (nSPS) is 22.3. The van der Waals surface area contributed by atoms with E-state index in [9.17, 15) is 22.8 Å². The van der Waals surface area contributed by atoms with Crippen LogP contribution in [0.25, 0.3) is 0 Å². The van der Waals surface area contributed by atoms with Gasteiger partial charge in [-0.05, 0) is 43.7 Å². The molecule has 1 aliphatic rings. The molecule has 0 amide bonds. The Morgan fingerprint density at radius 1 is 1.14 bits per heavy atom. The third-order valence-corrected chi connectivity index (χ3v) is 4.18. The van der Waals surface area contributed by atoms with Gasteiger partial charge in [-0.3, -0.25) is 9.59 Å². The number of halogens is 3. The number of aliphatic carboxylic acids is 1. The summed E-state index contributed by atoms with van der Waals surface area (Å²) >= 11 is 0. The number of carboxylic acid groups (broad SMARTS) is 1. The van der Waals surface area contributed by atoms with Crippen LogP contribution in [0.4, 0.5) is 13.2 Å². The molecule has 1 aliphatic carbocycles. The highest BCUT2D eigenvalue weighted by atomic mass is 19.4. The molecule has 120 valence electrons. The first-order chi connectivity index (χ1) is 10.3. The number of hydrogen-bond donors (Lipinski definition) is 1. The molecule has 0 aromatic heterocycles. The van der Waals surface area contributed by atoms with Gasteiger partial charge in [0.15, 0.2) is 5.78 Å². The Kier molecular flexibility index (Phi) is 4.88. The van der Waals surface area contributed by atoms with Gasteiger partial charge in [0.25, 0.3) is 0 Å². The lowest BCUT2D eigenvalue weighted by Gasteiger charge is -2.25. The van der Waals surface area contributed by atoms with Gasteiger partial charge < -0.3 is 5.11 Å². The summed E-state index contributed by atoms with van der Waals surface area (Å²) in [5.74, 6) is -1.44. The zero-order valence-corrected chi connectivity index (χ0v) is 11.9. The second-order valence-electron chi connectivity index (χ2n) is 5.76. The molecular weight excluding hydrogens is 297 g/mol. The average Bonchev–Trinajstić information content (AvgIpc) is 2.47. The maximum atomic E-state index is 12.6. The summed E-state index contributed by atoms with van der Waals surface area (Å²) in [6.07, 6.45) is -1.99. The number of alkyl halides is 3. The summed E-state index contributed by atoms with van der Waals surface area (Å²) in [6.45, 7) is 0. The Hall–Kier alpha value is -1.85. The number of carbonyl (C=O) groups is 2. The number of rotatable bonds is 4. The molecule has 0 spiro atoms. The predicted molar refractivity (Wildman–Crippen MR) is 73.5 cm³/mol. The maximum Gasteiger partial charge on any atom is 0.416 e. The van der Waals surface area contributed by atoms with Crippen LogP contribution in [0.3, 0.4) is 0 Å². The third kappa shape index (κ3) is 4.08. The number of Topliss-reactive ketones (excluding diaryl/α,β-unsaturated/α-hetero) is 1. The average molecular weight is 314 g/mol. The topological polar surface area (TPSA) is 54.4 Å². The van der Waals surface area contributed by atoms with Gasteiger partial charge in [-0.25, -0.2) is 0 Å². The lowest BCUT2D eigenvalue weighted by atomic mass is 9.79. The van der Waals surface area contributed by atoms with Gasteiger partial charge in [0, 0.05) is 12.0 Å². The Labute approximate surface area is 126 Å². The standard InChI is InChI=1S/C16H17F3O3/c17-16(18,19)13-3-1-2-12(9-13)14(20)8-10-4-6-11(7-5-10)15(21)22/h1-3,9-11H,4-8H2,(H,21,22). The van der Waals surface area contributed by atoms with Crippen molar-refractivity contribution in [1.82, 2.24) is 0 Å². The van der Waals surface area contributed by atoms with Gasteiger partial charge in [0.05, 0.1) is 11.5 Å². The highest BCUT2D eigenvalue weighted by Crippen LogP contribution is 2.33. The molecule has 1 fully saturated rings. The fraction of sp³-hybridized carbons (Fsp3) is 0.500. The van der Waals surface area contributed by atoms with Crippen molar-refractivity contribution in [2.45, 2.75) is 38.3 Å². The Bertz CT molecular complexity index is 558. The summed E-state index contributed by atoms with van der Waals surface area (Å²) in [4.78, 5) is 23.0. The predicted octanol–water partition coefficient (Wildman–Crippen LogP) is 4.17. The number of carbonyl (C=O) groups excluding carboxylic acids is 1. The third-order valence-electron chi connectivity index (χ3n) is 4.18. The molecule has 0 saturated heterocycles. The summed E-state index contributed by atoms with van der Waals surface area (Å²) in [5.41, 5.74) is -0.761. The van der Waals surface area contributed by atoms with E-state index in [0.29, 0.717) is 25.7 Å². The number of hydrogen-bond acceptors (Lipinski definition) is 2. The van der Waals surface area contributed by atoms with Crippen LogP contribution in [0.5, 0.6) is 0 Å². The second-order valence-corrected chi connectivity index (χ2v) is 5.76. The molecule has 0 heterocycles. The SMILES string of the molecule is O=C(CC1CCC(C(=O)O)CC1)c1cccc(C(F)(F)F)c1. The van der Waals surface area contributed by atoms with Crippen molar-refractivity contribution in [2.24, 2.45) is 11.8 Å². The summed E-state index contributed by atoms with van der Waals surface area (Å²) < 4.78 is 37.9. The van der Waals surface area contributed by atoms with Crippen molar-refractivity contribution >= 4 is 11.8 Å². The lowest BCUT2D eigenvalue weighted by Crippen LogP contribution is -2.22. The Morgan fingerprint density at radius 3 is 2.32 bits per heavy atom. The van der Waals surface area contributed by atoms with Crippen LogP contribution in [0, 0.1) is 11.8 Å². The highest BCUT2D eigenvalue weighted by Gasteiger charge is 2.31. The molecule has 0 radical (unpaired) electrons. The van der Waals surface area contributed by atoms with Crippen LogP contribution in [-0.2, 0) is 11.0 Å². The molecular formula is C16H17F3O3. The molecule has 6 heteroatoms. The number of carboxylic acids is 1. The van der Waals surface area contributed by atoms with Crippen LogP contribution in [0.15, 0.2) is 24.3 Å². The zero-order chi connectivity index (χ0) is 16.3. The molecule has 0 aliphatic heterocycles. The van der Waals surface area contributed by atoms with Crippen LogP contribution in [-0.4, -0.2) is 16.9 Å². The van der Waals surface area contributed by atoms with Gasteiger partial charge in [-0.1, -0.05) is 12.1 Å². The van der Waals surface area contributed by atoms with Crippen LogP contribution in [0.2, 0.25) is 0 Å². The summed E-state index contributed by atoms with van der Waals surface area (Å²) in [5, 5.41) is 8.92. The second kappa shape index (κ2) is 6.50. The van der Waals surface area contributed by atoms with Crippen LogP contribution < -0.4 is 0 Å². The molecule has 3 nitrogen and oxygen atoms in total. The minimum absolute atomic E-state index is 0.0534. The molecule has 1 N–H and O–H groups in total. The fourth-order valence-corrected chi connectivity index (χ4v) is 2.86. The largest absolute Gasteiger partial charge is 0.481 e. The van der Waals surface area contributed by atoms with E-state index in [1.165, 1.54) is 12.1 Å². The smallest absolute Gasteiger partial charge is 0.416 e. The van der Waals surface area contributed by atoms with E-state index < -0.39 is 17.7 Å². The zero-order valence-electron chi connectivity index (χ0n) is 11.9. The minimum atomic E-state index is -4.46. The van der Waals surface area contributed by atoms with E-state index in [1.807, 2.05) is 0 Å². The lowest BCUT2D eigenvalue weighted by molar-refractivity contribution is -0.143. The van der Waals surface area contributed by atoms with Gasteiger partial charge in [-0.2, -0.15) is 13.2 Å². The first-order valence-electron chi connectivity index (χ1n) is 7.20. The number of benzene rings is 1. The van der Waals surface area contributed by atoms with Gasteiger partial charge in [-0.15, -0.1) is 0 Å². The minimum Gasteiger partial charge on any atom is -0.481 e.